The van der Waals surface area contributed by atoms with Crippen molar-refractivity contribution >= 4 is 21.4 Å². The van der Waals surface area contributed by atoms with Crippen molar-refractivity contribution in [2.75, 3.05) is 20.1 Å². The third kappa shape index (κ3) is 3.15. The Balaban J connectivity index is 1.84. The first-order chi connectivity index (χ1) is 10.2. The fraction of sp³-hybridized carbons (Fsp3) is 0.556. The number of rotatable bonds is 5. The van der Waals surface area contributed by atoms with Crippen LogP contribution < -0.4 is 5.32 Å². The highest BCUT2D eigenvalue weighted by molar-refractivity contribution is 7.19. The molecule has 1 saturated heterocycles. The summed E-state index contributed by atoms with van der Waals surface area (Å²) in [7, 11) is 2.04. The first-order valence-electron chi connectivity index (χ1n) is 8.05. The van der Waals surface area contributed by atoms with Crippen molar-refractivity contribution in [2.24, 2.45) is 11.8 Å². The van der Waals surface area contributed by atoms with Gasteiger partial charge in [0.2, 0.25) is 0 Å². The third-order valence-corrected chi connectivity index (χ3v) is 5.97. The van der Waals surface area contributed by atoms with E-state index in [2.05, 4.69) is 48.3 Å². The summed E-state index contributed by atoms with van der Waals surface area (Å²) in [5, 5.41) is 4.79. The number of likely N-dealkylation sites (tertiary alicyclic amines) is 1. The molecule has 2 nitrogen and oxygen atoms in total. The molecule has 114 valence electrons. The van der Waals surface area contributed by atoms with Gasteiger partial charge >= 0.3 is 0 Å². The zero-order valence-electron chi connectivity index (χ0n) is 13.4. The van der Waals surface area contributed by atoms with Gasteiger partial charge in [-0.25, -0.2) is 0 Å². The first kappa shape index (κ1) is 15.0. The minimum atomic E-state index is 0.811. The molecule has 0 aliphatic carbocycles. The average Bonchev–Trinajstić information content (AvgIpc) is 3.06. The topological polar surface area (TPSA) is 15.3 Å². The summed E-state index contributed by atoms with van der Waals surface area (Å²) in [6.07, 6.45) is 1.36. The standard InChI is InChI=1S/C18H26N2S/c1-13(2)14-8-9-20(11-14)12-16-15-6-4-5-7-17(15)21-18(16)10-19-3/h4-7,13-14,19H,8-12H2,1-3H3. The normalized spacial score (nSPS) is 19.9. The molecular formula is C18H26N2S. The molecule has 3 rings (SSSR count). The molecule has 1 fully saturated rings. The highest BCUT2D eigenvalue weighted by Gasteiger charge is 2.26. The number of hydrogen-bond donors (Lipinski definition) is 1. The van der Waals surface area contributed by atoms with Gasteiger partial charge in [-0.3, -0.25) is 4.90 Å². The van der Waals surface area contributed by atoms with Gasteiger partial charge in [-0.05, 0) is 48.9 Å². The molecule has 1 aliphatic rings. The van der Waals surface area contributed by atoms with Crippen LogP contribution in [0.2, 0.25) is 0 Å². The van der Waals surface area contributed by atoms with Crippen LogP contribution in [0.1, 0.15) is 30.7 Å². The zero-order valence-corrected chi connectivity index (χ0v) is 14.2. The maximum absolute atomic E-state index is 3.33. The SMILES string of the molecule is CNCc1sc2ccccc2c1CN1CCC(C(C)C)C1. The van der Waals surface area contributed by atoms with E-state index >= 15 is 0 Å². The summed E-state index contributed by atoms with van der Waals surface area (Å²) >= 11 is 1.95. The van der Waals surface area contributed by atoms with Gasteiger partial charge in [-0.15, -0.1) is 11.3 Å². The zero-order chi connectivity index (χ0) is 14.8. The number of benzene rings is 1. The predicted molar refractivity (Wildman–Crippen MR) is 92.8 cm³/mol. The van der Waals surface area contributed by atoms with E-state index in [0.717, 1.165) is 24.9 Å². The fourth-order valence-electron chi connectivity index (χ4n) is 3.40. The summed E-state index contributed by atoms with van der Waals surface area (Å²) in [6, 6.07) is 8.86. The van der Waals surface area contributed by atoms with Gasteiger partial charge in [-0.1, -0.05) is 32.0 Å². The van der Waals surface area contributed by atoms with E-state index in [1.165, 1.54) is 34.5 Å². The Hall–Kier alpha value is -0.900. The molecule has 1 N–H and O–H groups in total. The molecule has 0 spiro atoms. The Kier molecular flexibility index (Phi) is 4.63. The molecule has 2 heterocycles. The molecule has 21 heavy (non-hydrogen) atoms. The lowest BCUT2D eigenvalue weighted by Crippen LogP contribution is -2.22. The third-order valence-electron chi connectivity index (χ3n) is 4.75. The number of nitrogens with zero attached hydrogens (tertiary/aromatic N) is 1. The molecule has 1 atom stereocenters. The summed E-state index contributed by atoms with van der Waals surface area (Å²) in [6.45, 7) is 9.34. The Bertz CT molecular complexity index is 602. The minimum absolute atomic E-state index is 0.811. The van der Waals surface area contributed by atoms with Crippen molar-refractivity contribution < 1.29 is 0 Å². The van der Waals surface area contributed by atoms with Crippen LogP contribution in [-0.4, -0.2) is 25.0 Å². The lowest BCUT2D eigenvalue weighted by Gasteiger charge is -2.18. The molecule has 1 aromatic carbocycles. The van der Waals surface area contributed by atoms with Gasteiger partial charge in [0, 0.05) is 29.2 Å². The molecule has 0 amide bonds. The number of thiophene rings is 1. The monoisotopic (exact) mass is 302 g/mol. The molecule has 1 aliphatic heterocycles. The minimum Gasteiger partial charge on any atom is -0.315 e. The summed E-state index contributed by atoms with van der Waals surface area (Å²) in [5.41, 5.74) is 1.55. The first-order valence-corrected chi connectivity index (χ1v) is 8.87. The van der Waals surface area contributed by atoms with Crippen LogP contribution in [0.4, 0.5) is 0 Å². The van der Waals surface area contributed by atoms with Crippen molar-refractivity contribution in [1.29, 1.82) is 0 Å². The van der Waals surface area contributed by atoms with E-state index in [1.54, 1.807) is 5.56 Å². The van der Waals surface area contributed by atoms with Crippen LogP contribution in [0.25, 0.3) is 10.1 Å². The quantitative estimate of drug-likeness (QED) is 0.894. The molecule has 1 aromatic heterocycles. The van der Waals surface area contributed by atoms with Crippen molar-refractivity contribution in [3.8, 4) is 0 Å². The predicted octanol–water partition coefficient (Wildman–Crippen LogP) is 4.10. The van der Waals surface area contributed by atoms with Gasteiger partial charge in [0.15, 0.2) is 0 Å². The van der Waals surface area contributed by atoms with Crippen LogP contribution in [0.3, 0.4) is 0 Å². The van der Waals surface area contributed by atoms with Gasteiger partial charge < -0.3 is 5.32 Å². The Morgan fingerprint density at radius 2 is 2.14 bits per heavy atom. The fourth-order valence-corrected chi connectivity index (χ4v) is 4.63. The summed E-state index contributed by atoms with van der Waals surface area (Å²) < 4.78 is 1.43. The Labute approximate surface area is 132 Å². The maximum Gasteiger partial charge on any atom is 0.0349 e. The van der Waals surface area contributed by atoms with E-state index in [9.17, 15) is 0 Å². The average molecular weight is 302 g/mol. The van der Waals surface area contributed by atoms with E-state index in [1.807, 2.05) is 18.4 Å². The van der Waals surface area contributed by atoms with Crippen LogP contribution in [0.5, 0.6) is 0 Å². The van der Waals surface area contributed by atoms with Crippen molar-refractivity contribution in [2.45, 2.75) is 33.4 Å². The van der Waals surface area contributed by atoms with Crippen molar-refractivity contribution in [1.82, 2.24) is 10.2 Å². The second kappa shape index (κ2) is 6.47. The van der Waals surface area contributed by atoms with Crippen molar-refractivity contribution in [3.63, 3.8) is 0 Å². The number of hydrogen-bond acceptors (Lipinski definition) is 3. The molecule has 2 aromatic rings. The van der Waals surface area contributed by atoms with Crippen LogP contribution >= 0.6 is 11.3 Å². The molecule has 3 heteroatoms. The van der Waals surface area contributed by atoms with Gasteiger partial charge in [0.05, 0.1) is 0 Å². The highest BCUT2D eigenvalue weighted by Crippen LogP contribution is 2.34. The van der Waals surface area contributed by atoms with Crippen LogP contribution in [-0.2, 0) is 13.1 Å². The van der Waals surface area contributed by atoms with Gasteiger partial charge in [0.25, 0.3) is 0 Å². The Morgan fingerprint density at radius 3 is 2.86 bits per heavy atom. The number of nitrogens with one attached hydrogen (secondary N) is 1. The lowest BCUT2D eigenvalue weighted by molar-refractivity contribution is 0.297. The molecule has 0 bridgehead atoms. The van der Waals surface area contributed by atoms with Crippen LogP contribution in [0, 0.1) is 11.8 Å². The summed E-state index contributed by atoms with van der Waals surface area (Å²) in [4.78, 5) is 4.16. The maximum atomic E-state index is 3.33. The second-order valence-corrected chi connectivity index (χ2v) is 7.69. The highest BCUT2D eigenvalue weighted by atomic mass is 32.1. The molecule has 1 unspecified atom stereocenters. The van der Waals surface area contributed by atoms with E-state index in [-0.39, 0.29) is 0 Å². The number of fused-ring (bicyclic) bond motifs is 1. The Morgan fingerprint density at radius 1 is 1.33 bits per heavy atom. The van der Waals surface area contributed by atoms with Crippen molar-refractivity contribution in [3.05, 3.63) is 34.7 Å². The smallest absolute Gasteiger partial charge is 0.0349 e. The van der Waals surface area contributed by atoms with Crippen LogP contribution in [0.15, 0.2) is 24.3 Å². The summed E-state index contributed by atoms with van der Waals surface area (Å²) in [5.74, 6) is 1.69. The second-order valence-electron chi connectivity index (χ2n) is 6.56. The largest absolute Gasteiger partial charge is 0.315 e. The molecule has 0 saturated carbocycles. The molecule has 0 radical (unpaired) electrons. The van der Waals surface area contributed by atoms with Gasteiger partial charge in [0.1, 0.15) is 0 Å². The lowest BCUT2D eigenvalue weighted by atomic mass is 9.95. The van der Waals surface area contributed by atoms with E-state index in [4.69, 9.17) is 0 Å². The molecular weight excluding hydrogens is 276 g/mol. The van der Waals surface area contributed by atoms with Gasteiger partial charge in [-0.2, -0.15) is 0 Å². The van der Waals surface area contributed by atoms with E-state index in [0.29, 0.717) is 0 Å². The van der Waals surface area contributed by atoms with E-state index < -0.39 is 0 Å².